The maximum Gasteiger partial charge on any atom is 0.227 e. The highest BCUT2D eigenvalue weighted by Crippen LogP contribution is 2.28. The Labute approximate surface area is 281 Å². The number of benzene rings is 3. The third-order valence-electron chi connectivity index (χ3n) is 9.28. The van der Waals surface area contributed by atoms with Crippen LogP contribution in [-0.4, -0.2) is 104 Å². The first-order valence-corrected chi connectivity index (χ1v) is 17.3. The van der Waals surface area contributed by atoms with Crippen molar-refractivity contribution >= 4 is 39.9 Å². The highest BCUT2D eigenvalue weighted by Gasteiger charge is 2.37. The van der Waals surface area contributed by atoms with Gasteiger partial charge in [0.25, 0.3) is 0 Å². The van der Waals surface area contributed by atoms with Crippen molar-refractivity contribution in [3.05, 3.63) is 81.8 Å². The zero-order chi connectivity index (χ0) is 32.5. The summed E-state index contributed by atoms with van der Waals surface area (Å²) in [5.74, 6) is 0.727. The molecule has 1 saturated heterocycles. The number of fused-ring (bicyclic) bond motifs is 1. The van der Waals surface area contributed by atoms with Gasteiger partial charge in [0.1, 0.15) is 0 Å². The van der Waals surface area contributed by atoms with E-state index in [0.717, 1.165) is 74.6 Å². The molecule has 0 radical (unpaired) electrons. The molecule has 0 saturated carbocycles. The summed E-state index contributed by atoms with van der Waals surface area (Å²) < 4.78 is 0. The first kappa shape index (κ1) is 35.7. The first-order chi connectivity index (χ1) is 21.5. The maximum absolute atomic E-state index is 14.1. The van der Waals surface area contributed by atoms with Crippen LogP contribution in [0, 0.1) is 5.92 Å². The molecule has 8 heteroatoms. The van der Waals surface area contributed by atoms with Gasteiger partial charge in [-0.05, 0) is 93.3 Å². The van der Waals surface area contributed by atoms with Gasteiger partial charge in [-0.15, -0.1) is 0 Å². The van der Waals surface area contributed by atoms with Gasteiger partial charge in [0.05, 0.1) is 6.42 Å². The Morgan fingerprint density at radius 3 is 2.40 bits per heavy atom. The minimum absolute atomic E-state index is 0.177. The van der Waals surface area contributed by atoms with E-state index in [9.17, 15) is 4.79 Å². The van der Waals surface area contributed by atoms with E-state index < -0.39 is 0 Å². The number of carbonyl (C=O) groups is 1. The zero-order valence-electron chi connectivity index (χ0n) is 27.9. The number of likely N-dealkylation sites (N-methyl/N-ethyl adjacent to an activating group) is 2. The Bertz CT molecular complexity index is 1380. The fraction of sp³-hybridized carbons (Fsp3) is 0.541. The fourth-order valence-electron chi connectivity index (χ4n) is 6.73. The van der Waals surface area contributed by atoms with Crippen LogP contribution >= 0.6 is 23.2 Å². The summed E-state index contributed by atoms with van der Waals surface area (Å²) in [4.78, 5) is 23.6. The van der Waals surface area contributed by atoms with Crippen molar-refractivity contribution < 1.29 is 4.79 Å². The largest absolute Gasteiger partial charge is 0.337 e. The van der Waals surface area contributed by atoms with Crippen molar-refractivity contribution in [2.75, 3.05) is 60.4 Å². The van der Waals surface area contributed by atoms with Crippen LogP contribution in [0.4, 0.5) is 0 Å². The van der Waals surface area contributed by atoms with Gasteiger partial charge in [-0.25, -0.2) is 0 Å². The molecule has 0 unspecified atom stereocenters. The molecule has 246 valence electrons. The van der Waals surface area contributed by atoms with E-state index in [1.807, 2.05) is 12.1 Å². The quantitative estimate of drug-likeness (QED) is 0.204. The Hall–Kier alpha value is -2.19. The number of hydrogen-bond donors (Lipinski definition) is 1. The summed E-state index contributed by atoms with van der Waals surface area (Å²) in [6, 6.07) is 21.3. The molecule has 0 bridgehead atoms. The molecule has 3 aromatic rings. The Morgan fingerprint density at radius 2 is 1.71 bits per heavy atom. The summed E-state index contributed by atoms with van der Waals surface area (Å²) in [7, 11) is 6.45. The number of carbonyl (C=O) groups excluding carboxylic acids is 1. The maximum atomic E-state index is 14.1. The molecule has 6 nitrogen and oxygen atoms in total. The van der Waals surface area contributed by atoms with Crippen LogP contribution < -0.4 is 5.73 Å². The van der Waals surface area contributed by atoms with Crippen LogP contribution in [0.1, 0.15) is 44.2 Å². The van der Waals surface area contributed by atoms with Crippen molar-refractivity contribution in [3.8, 4) is 0 Å². The first-order valence-electron chi connectivity index (χ1n) is 16.5. The number of nitrogens with two attached hydrogens (primary N) is 1. The summed E-state index contributed by atoms with van der Waals surface area (Å²) in [6.07, 6.45) is 4.35. The molecular formula is C37H53Cl2N5O. The number of hydrogen-bond acceptors (Lipinski definition) is 5. The van der Waals surface area contributed by atoms with E-state index in [2.05, 4.69) is 103 Å². The number of rotatable bonds is 15. The molecule has 4 rings (SSSR count). The van der Waals surface area contributed by atoms with Gasteiger partial charge in [0, 0.05) is 60.9 Å². The van der Waals surface area contributed by atoms with Crippen molar-refractivity contribution in [2.24, 2.45) is 11.7 Å². The molecule has 0 spiro atoms. The molecule has 0 aliphatic carbocycles. The van der Waals surface area contributed by atoms with Crippen LogP contribution in [0.15, 0.2) is 60.7 Å². The van der Waals surface area contributed by atoms with Crippen molar-refractivity contribution in [1.29, 1.82) is 0 Å². The highest BCUT2D eigenvalue weighted by molar-refractivity contribution is 6.35. The molecule has 1 heterocycles. The van der Waals surface area contributed by atoms with E-state index >= 15 is 0 Å². The lowest BCUT2D eigenvalue weighted by Gasteiger charge is -2.49. The minimum Gasteiger partial charge on any atom is -0.337 e. The summed E-state index contributed by atoms with van der Waals surface area (Å²) in [6.45, 7) is 9.64. The lowest BCUT2D eigenvalue weighted by Crippen LogP contribution is -2.62. The van der Waals surface area contributed by atoms with E-state index in [0.29, 0.717) is 23.9 Å². The number of amides is 1. The molecule has 3 atom stereocenters. The third-order valence-corrected chi connectivity index (χ3v) is 9.86. The second-order valence-corrected chi connectivity index (χ2v) is 14.4. The second-order valence-electron chi connectivity index (χ2n) is 13.6. The average molecular weight is 655 g/mol. The van der Waals surface area contributed by atoms with E-state index in [1.54, 1.807) is 0 Å². The number of piperazine rings is 1. The van der Waals surface area contributed by atoms with Gasteiger partial charge in [0.15, 0.2) is 0 Å². The normalized spacial score (nSPS) is 18.4. The molecule has 3 aromatic carbocycles. The SMILES string of the molecule is CC(C)C[C@@H]1CN(C[C@H](Cc2ccc(Cl)cc2Cl)N(C)C)[C@@H](CCCN(C)CCN)CN1C(=O)Cc1ccc2ccccc2c1. The summed E-state index contributed by atoms with van der Waals surface area (Å²) in [5.41, 5.74) is 8.01. The molecule has 1 aliphatic heterocycles. The molecule has 0 aromatic heterocycles. The minimum atomic E-state index is 0.177. The van der Waals surface area contributed by atoms with Gasteiger partial charge < -0.3 is 20.4 Å². The van der Waals surface area contributed by atoms with Gasteiger partial charge in [-0.3, -0.25) is 9.69 Å². The smallest absolute Gasteiger partial charge is 0.227 e. The van der Waals surface area contributed by atoms with Crippen LogP contribution in [0.25, 0.3) is 10.8 Å². The fourth-order valence-corrected chi connectivity index (χ4v) is 7.22. The van der Waals surface area contributed by atoms with Crippen molar-refractivity contribution in [2.45, 2.75) is 64.1 Å². The Morgan fingerprint density at radius 1 is 0.956 bits per heavy atom. The highest BCUT2D eigenvalue weighted by atomic mass is 35.5. The number of nitrogens with zero attached hydrogens (tertiary/aromatic N) is 4. The van der Waals surface area contributed by atoms with Gasteiger partial charge >= 0.3 is 0 Å². The summed E-state index contributed by atoms with van der Waals surface area (Å²) >= 11 is 12.8. The predicted octanol–water partition coefficient (Wildman–Crippen LogP) is 6.46. The second kappa shape index (κ2) is 17.1. The Balaban J connectivity index is 1.56. The van der Waals surface area contributed by atoms with Crippen molar-refractivity contribution in [3.63, 3.8) is 0 Å². The molecule has 45 heavy (non-hydrogen) atoms. The number of halogens is 2. The lowest BCUT2D eigenvalue weighted by molar-refractivity contribution is -0.138. The topological polar surface area (TPSA) is 56.1 Å². The van der Waals surface area contributed by atoms with Crippen LogP contribution in [-0.2, 0) is 17.6 Å². The third kappa shape index (κ3) is 10.4. The lowest BCUT2D eigenvalue weighted by atomic mass is 9.93. The van der Waals surface area contributed by atoms with Gasteiger partial charge in [-0.2, -0.15) is 0 Å². The van der Waals surface area contributed by atoms with Crippen LogP contribution in [0.5, 0.6) is 0 Å². The molecule has 2 N–H and O–H groups in total. The molecule has 1 amide bonds. The predicted molar refractivity (Wildman–Crippen MR) is 191 cm³/mol. The van der Waals surface area contributed by atoms with Crippen LogP contribution in [0.2, 0.25) is 10.0 Å². The molecule has 1 fully saturated rings. The molecule has 1 aliphatic rings. The van der Waals surface area contributed by atoms with Crippen molar-refractivity contribution in [1.82, 2.24) is 19.6 Å². The van der Waals surface area contributed by atoms with Gasteiger partial charge in [-0.1, -0.05) is 85.6 Å². The summed E-state index contributed by atoms with van der Waals surface area (Å²) in [5, 5.41) is 3.76. The average Bonchev–Trinajstić information content (AvgIpc) is 2.98. The van der Waals surface area contributed by atoms with Gasteiger partial charge in [0.2, 0.25) is 5.91 Å². The molecular weight excluding hydrogens is 601 g/mol. The van der Waals surface area contributed by atoms with E-state index in [1.165, 1.54) is 10.8 Å². The van der Waals surface area contributed by atoms with E-state index in [4.69, 9.17) is 28.9 Å². The Kier molecular flexibility index (Phi) is 13.6. The van der Waals surface area contributed by atoms with E-state index in [-0.39, 0.29) is 24.0 Å². The zero-order valence-corrected chi connectivity index (χ0v) is 29.4. The monoisotopic (exact) mass is 653 g/mol. The standard InChI is InChI=1S/C37H53Cl2N5O/c1-27(2)19-35-25-43(24-34(41(3)4)22-31-14-15-32(38)23-36(31)39)33(11-8-17-42(5)18-16-40)26-44(35)37(45)21-28-12-13-29-9-6-7-10-30(29)20-28/h6-7,9-10,12-15,20,23,27,33-35H,8,11,16-19,21-22,24-26,40H2,1-5H3/t33-,34-,35+/m0/s1. The van der Waals surface area contributed by atoms with Crippen LogP contribution in [0.3, 0.4) is 0 Å².